The van der Waals surface area contributed by atoms with Crippen molar-refractivity contribution < 1.29 is 4.79 Å². The predicted octanol–water partition coefficient (Wildman–Crippen LogP) is 3.43. The molecule has 0 spiro atoms. The SMILES string of the molecule is CCCCCCCN=Cc1ccnc(CNCC(=O)N(CC)CC)c1. The highest BCUT2D eigenvalue weighted by Gasteiger charge is 2.08. The molecule has 0 atom stereocenters. The first-order valence-corrected chi connectivity index (χ1v) is 9.64. The molecule has 0 unspecified atom stereocenters. The maximum atomic E-state index is 12.0. The number of pyridine rings is 1. The van der Waals surface area contributed by atoms with Gasteiger partial charge in [-0.1, -0.05) is 32.6 Å². The van der Waals surface area contributed by atoms with Crippen LogP contribution in [0.1, 0.15) is 64.1 Å². The van der Waals surface area contributed by atoms with Gasteiger partial charge in [-0.25, -0.2) is 0 Å². The molecule has 1 heterocycles. The van der Waals surface area contributed by atoms with Crippen LogP contribution in [0, 0.1) is 0 Å². The molecule has 0 radical (unpaired) electrons. The third kappa shape index (κ3) is 9.34. The average molecular weight is 347 g/mol. The van der Waals surface area contributed by atoms with Crippen LogP contribution in [0.5, 0.6) is 0 Å². The van der Waals surface area contributed by atoms with Crippen LogP contribution in [0.3, 0.4) is 0 Å². The third-order valence-corrected chi connectivity index (χ3v) is 4.17. The van der Waals surface area contributed by atoms with Crippen LogP contribution < -0.4 is 5.32 Å². The number of unbranched alkanes of at least 4 members (excludes halogenated alkanes) is 4. The molecule has 0 aliphatic carbocycles. The molecule has 0 saturated heterocycles. The Hall–Kier alpha value is -1.75. The van der Waals surface area contributed by atoms with Crippen molar-refractivity contribution in [3.05, 3.63) is 29.6 Å². The molecule has 5 nitrogen and oxygen atoms in total. The van der Waals surface area contributed by atoms with E-state index >= 15 is 0 Å². The number of carbonyl (C=O) groups excluding carboxylic acids is 1. The molecule has 0 aliphatic rings. The van der Waals surface area contributed by atoms with Crippen molar-refractivity contribution in [1.29, 1.82) is 0 Å². The minimum atomic E-state index is 0.130. The lowest BCUT2D eigenvalue weighted by atomic mass is 10.1. The van der Waals surface area contributed by atoms with Gasteiger partial charge in [-0.15, -0.1) is 0 Å². The number of aromatic nitrogens is 1. The zero-order valence-corrected chi connectivity index (χ0v) is 16.1. The summed E-state index contributed by atoms with van der Waals surface area (Å²) in [5.41, 5.74) is 2.00. The lowest BCUT2D eigenvalue weighted by Crippen LogP contribution is -2.37. The average Bonchev–Trinajstić information content (AvgIpc) is 2.62. The molecule has 25 heavy (non-hydrogen) atoms. The van der Waals surface area contributed by atoms with Gasteiger partial charge in [0.25, 0.3) is 0 Å². The Kier molecular flexibility index (Phi) is 11.5. The molecular formula is C20H34N4O. The number of amides is 1. The smallest absolute Gasteiger partial charge is 0.236 e. The van der Waals surface area contributed by atoms with Crippen molar-refractivity contribution in [3.63, 3.8) is 0 Å². The van der Waals surface area contributed by atoms with E-state index in [0.717, 1.165) is 37.3 Å². The van der Waals surface area contributed by atoms with E-state index in [9.17, 15) is 4.79 Å². The number of nitrogens with one attached hydrogen (secondary N) is 1. The first-order valence-electron chi connectivity index (χ1n) is 9.64. The van der Waals surface area contributed by atoms with E-state index in [-0.39, 0.29) is 5.91 Å². The zero-order chi connectivity index (χ0) is 18.3. The number of aliphatic imine (C=N–C) groups is 1. The summed E-state index contributed by atoms with van der Waals surface area (Å²) in [5, 5.41) is 3.18. The Bertz CT molecular complexity index is 512. The van der Waals surface area contributed by atoms with E-state index in [1.54, 1.807) is 6.20 Å². The second-order valence-corrected chi connectivity index (χ2v) is 6.20. The molecule has 5 heteroatoms. The van der Waals surface area contributed by atoms with Gasteiger partial charge in [0.2, 0.25) is 5.91 Å². The quantitative estimate of drug-likeness (QED) is 0.440. The predicted molar refractivity (Wildman–Crippen MR) is 105 cm³/mol. The van der Waals surface area contributed by atoms with Crippen LogP contribution in [-0.4, -0.2) is 48.2 Å². The van der Waals surface area contributed by atoms with Crippen LogP contribution in [0.4, 0.5) is 0 Å². The summed E-state index contributed by atoms with van der Waals surface area (Å²) in [6.45, 7) is 9.54. The summed E-state index contributed by atoms with van der Waals surface area (Å²) in [4.78, 5) is 22.6. The van der Waals surface area contributed by atoms with Gasteiger partial charge in [-0.3, -0.25) is 14.8 Å². The second kappa shape index (κ2) is 13.5. The van der Waals surface area contributed by atoms with Gasteiger partial charge >= 0.3 is 0 Å². The molecule has 1 aromatic rings. The topological polar surface area (TPSA) is 57.6 Å². The third-order valence-electron chi connectivity index (χ3n) is 4.17. The number of carbonyl (C=O) groups is 1. The highest BCUT2D eigenvalue weighted by molar-refractivity contribution is 5.79. The molecule has 1 N–H and O–H groups in total. The Morgan fingerprint density at radius 1 is 1.20 bits per heavy atom. The summed E-state index contributed by atoms with van der Waals surface area (Å²) < 4.78 is 0. The number of hydrogen-bond donors (Lipinski definition) is 1. The minimum absolute atomic E-state index is 0.130. The first kappa shape index (κ1) is 21.3. The van der Waals surface area contributed by atoms with Crippen LogP contribution >= 0.6 is 0 Å². The first-order chi connectivity index (χ1) is 12.2. The molecule has 0 aromatic carbocycles. The summed E-state index contributed by atoms with van der Waals surface area (Å²) in [6, 6.07) is 3.99. The van der Waals surface area contributed by atoms with Gasteiger partial charge in [-0.2, -0.15) is 0 Å². The molecule has 0 fully saturated rings. The Morgan fingerprint density at radius 3 is 2.68 bits per heavy atom. The van der Waals surface area contributed by atoms with E-state index in [1.807, 2.05) is 37.1 Å². The van der Waals surface area contributed by atoms with E-state index < -0.39 is 0 Å². The normalized spacial score (nSPS) is 11.2. The Labute approximate surface area is 152 Å². The molecule has 140 valence electrons. The Balaban J connectivity index is 2.33. The number of hydrogen-bond acceptors (Lipinski definition) is 4. The largest absolute Gasteiger partial charge is 0.342 e. The lowest BCUT2D eigenvalue weighted by molar-refractivity contribution is -0.129. The van der Waals surface area contributed by atoms with Gasteiger partial charge in [0.15, 0.2) is 0 Å². The van der Waals surface area contributed by atoms with Crippen LogP contribution in [0.2, 0.25) is 0 Å². The van der Waals surface area contributed by atoms with Crippen molar-refractivity contribution in [2.45, 2.75) is 59.4 Å². The fourth-order valence-electron chi connectivity index (χ4n) is 2.64. The van der Waals surface area contributed by atoms with E-state index in [2.05, 4.69) is 22.2 Å². The standard InChI is InChI=1S/C20H34N4O/c1-4-7-8-9-10-12-21-15-18-11-13-23-19(14-18)16-22-17-20(25)24(5-2)6-3/h11,13-15,22H,4-10,12,16-17H2,1-3H3. The monoisotopic (exact) mass is 346 g/mol. The molecule has 1 rings (SSSR count). The van der Waals surface area contributed by atoms with E-state index in [4.69, 9.17) is 0 Å². The fraction of sp³-hybridized carbons (Fsp3) is 0.650. The fourth-order valence-corrected chi connectivity index (χ4v) is 2.64. The maximum absolute atomic E-state index is 12.0. The molecule has 1 aromatic heterocycles. The summed E-state index contributed by atoms with van der Waals surface area (Å²) in [6.07, 6.45) is 10.0. The van der Waals surface area contributed by atoms with Gasteiger partial charge < -0.3 is 10.2 Å². The van der Waals surface area contributed by atoms with Crippen molar-refractivity contribution in [1.82, 2.24) is 15.2 Å². The second-order valence-electron chi connectivity index (χ2n) is 6.20. The number of likely N-dealkylation sites (N-methyl/N-ethyl adjacent to an activating group) is 1. The van der Waals surface area contributed by atoms with E-state index in [1.165, 1.54) is 25.7 Å². The van der Waals surface area contributed by atoms with Crippen LogP contribution in [-0.2, 0) is 11.3 Å². The van der Waals surface area contributed by atoms with Crippen molar-refractivity contribution in [3.8, 4) is 0 Å². The molecule has 0 saturated carbocycles. The van der Waals surface area contributed by atoms with Crippen LogP contribution in [0.25, 0.3) is 0 Å². The van der Waals surface area contributed by atoms with Gasteiger partial charge in [-0.05, 0) is 38.0 Å². The molecule has 0 bridgehead atoms. The van der Waals surface area contributed by atoms with Crippen LogP contribution in [0.15, 0.2) is 23.3 Å². The summed E-state index contributed by atoms with van der Waals surface area (Å²) in [5.74, 6) is 0.130. The number of rotatable bonds is 13. The van der Waals surface area contributed by atoms with Gasteiger partial charge in [0.1, 0.15) is 0 Å². The molecule has 0 aliphatic heterocycles. The highest BCUT2D eigenvalue weighted by atomic mass is 16.2. The van der Waals surface area contributed by atoms with Crippen molar-refractivity contribution in [2.24, 2.45) is 4.99 Å². The van der Waals surface area contributed by atoms with Crippen molar-refractivity contribution >= 4 is 12.1 Å². The van der Waals surface area contributed by atoms with Gasteiger partial charge in [0.05, 0.1) is 12.2 Å². The lowest BCUT2D eigenvalue weighted by Gasteiger charge is -2.18. The zero-order valence-electron chi connectivity index (χ0n) is 16.1. The maximum Gasteiger partial charge on any atom is 0.236 e. The molecular weight excluding hydrogens is 312 g/mol. The van der Waals surface area contributed by atoms with Crippen molar-refractivity contribution in [2.75, 3.05) is 26.2 Å². The van der Waals surface area contributed by atoms with Gasteiger partial charge in [0, 0.05) is 38.6 Å². The number of nitrogens with zero attached hydrogens (tertiary/aromatic N) is 3. The summed E-state index contributed by atoms with van der Waals surface area (Å²) in [7, 11) is 0. The summed E-state index contributed by atoms with van der Waals surface area (Å²) >= 11 is 0. The minimum Gasteiger partial charge on any atom is -0.342 e. The molecule has 1 amide bonds. The Morgan fingerprint density at radius 2 is 1.96 bits per heavy atom. The van der Waals surface area contributed by atoms with E-state index in [0.29, 0.717) is 13.1 Å². The highest BCUT2D eigenvalue weighted by Crippen LogP contribution is 2.03.